The first-order valence-electron chi connectivity index (χ1n) is 11.1. The zero-order chi connectivity index (χ0) is 24.6. The third-order valence-corrected chi connectivity index (χ3v) is 8.35. The Morgan fingerprint density at radius 1 is 0.771 bits per heavy atom. The zero-order valence-electron chi connectivity index (χ0n) is 19.2. The van der Waals surface area contributed by atoms with E-state index in [1.54, 1.807) is 6.92 Å². The number of hydrogen-bond donors (Lipinski definition) is 0. The van der Waals surface area contributed by atoms with Crippen molar-refractivity contribution in [1.29, 1.82) is 0 Å². The second kappa shape index (κ2) is 12.6. The number of hydrogen-bond acceptors (Lipinski definition) is 10. The fourth-order valence-corrected chi connectivity index (χ4v) is 6.08. The van der Waals surface area contributed by atoms with Crippen molar-refractivity contribution < 1.29 is 9.59 Å². The Labute approximate surface area is 222 Å². The van der Waals surface area contributed by atoms with E-state index in [1.165, 1.54) is 47.8 Å². The summed E-state index contributed by atoms with van der Waals surface area (Å²) < 4.78 is 0. The van der Waals surface area contributed by atoms with Gasteiger partial charge in [-0.25, -0.2) is 0 Å². The third kappa shape index (κ3) is 7.86. The van der Waals surface area contributed by atoms with Crippen LogP contribution in [0.25, 0.3) is 0 Å². The van der Waals surface area contributed by atoms with Gasteiger partial charge in [0.2, 0.25) is 11.1 Å². The highest BCUT2D eigenvalue weighted by Gasteiger charge is 2.17. The van der Waals surface area contributed by atoms with E-state index in [2.05, 4.69) is 11.5 Å². The summed E-state index contributed by atoms with van der Waals surface area (Å²) in [5, 5.41) is 1.26. The Morgan fingerprint density at radius 2 is 1.26 bits per heavy atom. The molecule has 2 aromatic carbocycles. The second-order valence-electron chi connectivity index (χ2n) is 7.61. The first kappa shape index (κ1) is 25.8. The lowest BCUT2D eigenvalue weighted by Crippen LogP contribution is -2.31. The quantitative estimate of drug-likeness (QED) is 0.230. The molecule has 0 saturated carbocycles. The van der Waals surface area contributed by atoms with E-state index in [9.17, 15) is 9.59 Å². The second-order valence-corrected chi connectivity index (χ2v) is 12.0. The molecule has 2 heterocycles. The summed E-state index contributed by atoms with van der Waals surface area (Å²) in [4.78, 5) is 43.2. The lowest BCUT2D eigenvalue weighted by Gasteiger charge is -2.26. The van der Waals surface area contributed by atoms with E-state index in [1.807, 2.05) is 48.5 Å². The van der Waals surface area contributed by atoms with Gasteiger partial charge in [-0.15, -0.1) is 0 Å². The molecule has 1 saturated heterocycles. The molecule has 0 aliphatic carbocycles. The van der Waals surface area contributed by atoms with Crippen molar-refractivity contribution in [3.05, 3.63) is 61.2 Å². The lowest BCUT2D eigenvalue weighted by atomic mass is 10.1. The van der Waals surface area contributed by atoms with Gasteiger partial charge < -0.3 is 4.90 Å². The van der Waals surface area contributed by atoms with Crippen LogP contribution in [0.1, 0.15) is 26.2 Å². The molecule has 3 aromatic rings. The minimum atomic E-state index is -0.0800. The zero-order valence-corrected chi connectivity index (χ0v) is 22.4. The maximum atomic E-state index is 11.6. The van der Waals surface area contributed by atoms with Crippen molar-refractivity contribution in [2.45, 2.75) is 56.1 Å². The van der Waals surface area contributed by atoms with Crippen LogP contribution in [0.15, 0.2) is 91.1 Å². The molecule has 1 aliphatic rings. The number of aromatic nitrogens is 3. The van der Waals surface area contributed by atoms with Crippen molar-refractivity contribution in [2.24, 2.45) is 0 Å². The van der Waals surface area contributed by atoms with Crippen LogP contribution in [0.3, 0.4) is 0 Å². The number of benzene rings is 2. The molecule has 0 radical (unpaired) electrons. The Hall–Kier alpha value is -2.27. The molecule has 0 atom stereocenters. The van der Waals surface area contributed by atoms with E-state index < -0.39 is 0 Å². The summed E-state index contributed by atoms with van der Waals surface area (Å²) in [5.41, 5.74) is 0. The topological polar surface area (TPSA) is 76.1 Å². The van der Waals surface area contributed by atoms with Crippen LogP contribution in [0.5, 0.6) is 0 Å². The highest BCUT2D eigenvalue weighted by molar-refractivity contribution is 8.14. The van der Waals surface area contributed by atoms with Crippen LogP contribution in [0.4, 0.5) is 5.95 Å². The molecule has 180 valence electrons. The van der Waals surface area contributed by atoms with Gasteiger partial charge in [0.1, 0.15) is 0 Å². The van der Waals surface area contributed by atoms with Gasteiger partial charge in [0.25, 0.3) is 0 Å². The van der Waals surface area contributed by atoms with Gasteiger partial charge in [-0.3, -0.25) is 9.59 Å². The number of rotatable bonds is 8. The molecular formula is C25H24N4O2S4. The Bertz CT molecular complexity index is 1200. The van der Waals surface area contributed by atoms with Gasteiger partial charge in [0.05, 0.1) is 0 Å². The molecule has 1 fully saturated rings. The summed E-state index contributed by atoms with van der Waals surface area (Å²) in [6, 6.07) is 15.6. The van der Waals surface area contributed by atoms with E-state index in [-0.39, 0.29) is 10.2 Å². The molecule has 0 spiro atoms. The smallest absolute Gasteiger partial charge is 0.230 e. The molecule has 1 aromatic heterocycles. The number of carbonyl (C=O) groups is 2. The predicted molar refractivity (Wildman–Crippen MR) is 145 cm³/mol. The number of carbonyl (C=O) groups excluding carboxylic acids is 2. The highest BCUT2D eigenvalue weighted by atomic mass is 32.2. The SMILES string of the molecule is C=CC(=O)Sc1ccc(Sc2nc(Sc3ccc(SC(C)=O)cc3)nc(N3CCCCC3)n2)cc1. The van der Waals surface area contributed by atoms with E-state index in [0.29, 0.717) is 16.3 Å². The summed E-state index contributed by atoms with van der Waals surface area (Å²) in [6.45, 7) is 6.96. The van der Waals surface area contributed by atoms with E-state index in [0.717, 1.165) is 57.3 Å². The van der Waals surface area contributed by atoms with Gasteiger partial charge in [-0.05, 0) is 109 Å². The molecule has 0 amide bonds. The molecule has 6 nitrogen and oxygen atoms in total. The molecule has 4 rings (SSSR count). The van der Waals surface area contributed by atoms with Gasteiger partial charge in [0.15, 0.2) is 15.4 Å². The van der Waals surface area contributed by atoms with Crippen molar-refractivity contribution in [2.75, 3.05) is 18.0 Å². The van der Waals surface area contributed by atoms with Crippen molar-refractivity contribution in [3.63, 3.8) is 0 Å². The highest BCUT2D eigenvalue weighted by Crippen LogP contribution is 2.33. The van der Waals surface area contributed by atoms with Crippen LogP contribution in [0, 0.1) is 0 Å². The Balaban J connectivity index is 1.55. The maximum Gasteiger partial charge on any atom is 0.230 e. The first-order valence-corrected chi connectivity index (χ1v) is 14.3. The van der Waals surface area contributed by atoms with Gasteiger partial charge in [-0.1, -0.05) is 18.3 Å². The summed E-state index contributed by atoms with van der Waals surface area (Å²) in [5.74, 6) is 0.706. The molecular weight excluding hydrogens is 517 g/mol. The molecule has 0 unspecified atom stereocenters. The molecule has 0 bridgehead atoms. The minimum Gasteiger partial charge on any atom is -0.341 e. The molecule has 35 heavy (non-hydrogen) atoms. The standard InChI is InChI=1S/C25H24N4O2S4/c1-3-22(31)33-19-9-13-21(14-10-19)35-25-27-23(29-15-5-4-6-16-29)26-24(28-25)34-20-11-7-18(8-12-20)32-17(2)30/h3,7-14H,1,4-6,15-16H2,2H3. The third-order valence-electron chi connectivity index (χ3n) is 4.93. The monoisotopic (exact) mass is 540 g/mol. The van der Waals surface area contributed by atoms with E-state index >= 15 is 0 Å². The fourth-order valence-electron chi connectivity index (χ4n) is 3.34. The molecule has 10 heteroatoms. The van der Waals surface area contributed by atoms with Gasteiger partial charge >= 0.3 is 0 Å². The van der Waals surface area contributed by atoms with Crippen molar-refractivity contribution in [3.8, 4) is 0 Å². The van der Waals surface area contributed by atoms with Crippen LogP contribution < -0.4 is 4.90 Å². The number of nitrogens with zero attached hydrogens (tertiary/aromatic N) is 4. The van der Waals surface area contributed by atoms with Crippen LogP contribution >= 0.6 is 47.0 Å². The van der Waals surface area contributed by atoms with Gasteiger partial charge in [-0.2, -0.15) is 15.0 Å². The van der Waals surface area contributed by atoms with Crippen LogP contribution in [0.2, 0.25) is 0 Å². The fraction of sp³-hybridized carbons (Fsp3) is 0.240. The average molecular weight is 541 g/mol. The van der Waals surface area contributed by atoms with Crippen LogP contribution in [-0.4, -0.2) is 38.3 Å². The number of anilines is 1. The molecule has 0 N–H and O–H groups in total. The number of thioether (sulfide) groups is 2. The van der Waals surface area contributed by atoms with E-state index in [4.69, 9.17) is 15.0 Å². The van der Waals surface area contributed by atoms with Crippen molar-refractivity contribution in [1.82, 2.24) is 15.0 Å². The first-order chi connectivity index (χ1) is 17.0. The Kier molecular flexibility index (Phi) is 9.31. The van der Waals surface area contributed by atoms with Crippen LogP contribution in [-0.2, 0) is 9.59 Å². The number of piperidine rings is 1. The molecule has 1 aliphatic heterocycles. The summed E-state index contributed by atoms with van der Waals surface area (Å²) >= 11 is 5.33. The average Bonchev–Trinajstić information content (AvgIpc) is 2.86. The summed E-state index contributed by atoms with van der Waals surface area (Å²) in [6.07, 6.45) is 4.81. The normalized spacial score (nSPS) is 13.5. The van der Waals surface area contributed by atoms with Gasteiger partial charge in [0, 0.05) is 39.6 Å². The Morgan fingerprint density at radius 3 is 1.74 bits per heavy atom. The predicted octanol–water partition coefficient (Wildman–Crippen LogP) is 6.61. The minimum absolute atomic E-state index is 0.0645. The maximum absolute atomic E-state index is 11.6. The summed E-state index contributed by atoms with van der Waals surface area (Å²) in [7, 11) is 0. The van der Waals surface area contributed by atoms with Crippen molar-refractivity contribution >= 4 is 63.2 Å². The lowest BCUT2D eigenvalue weighted by molar-refractivity contribution is -0.109. The largest absolute Gasteiger partial charge is 0.341 e.